The zero-order valence-corrected chi connectivity index (χ0v) is 14.1. The number of aromatic amines is 1. The van der Waals surface area contributed by atoms with Crippen LogP contribution in [0.3, 0.4) is 0 Å². The molecule has 6 heteroatoms. The van der Waals surface area contributed by atoms with Gasteiger partial charge >= 0.3 is 0 Å². The summed E-state index contributed by atoms with van der Waals surface area (Å²) in [5, 5.41) is 12.0. The van der Waals surface area contributed by atoms with Crippen molar-refractivity contribution in [2.45, 2.75) is 12.1 Å². The normalized spacial score (nSPS) is 25.9. The minimum atomic E-state index is 0.277. The van der Waals surface area contributed by atoms with Gasteiger partial charge in [-0.3, -0.25) is 15.0 Å². The summed E-state index contributed by atoms with van der Waals surface area (Å²) in [4.78, 5) is 9.75. The van der Waals surface area contributed by atoms with Crippen molar-refractivity contribution in [3.63, 3.8) is 0 Å². The first kappa shape index (κ1) is 14.7. The van der Waals surface area contributed by atoms with E-state index in [0.717, 1.165) is 44.1 Å². The van der Waals surface area contributed by atoms with E-state index in [2.05, 4.69) is 67.8 Å². The highest BCUT2D eigenvalue weighted by molar-refractivity contribution is 5.90. The van der Waals surface area contributed by atoms with Gasteiger partial charge in [0.2, 0.25) is 0 Å². The minimum absolute atomic E-state index is 0.277. The molecule has 128 valence electrons. The van der Waals surface area contributed by atoms with Crippen molar-refractivity contribution in [3.05, 3.63) is 48.7 Å². The number of H-pyrrole nitrogens is 1. The van der Waals surface area contributed by atoms with E-state index in [1.807, 2.05) is 6.20 Å². The Balaban J connectivity index is 1.23. The minimum Gasteiger partial charge on any atom is -0.367 e. The number of amidine groups is 1. The summed E-state index contributed by atoms with van der Waals surface area (Å²) in [5.74, 6) is 1.12. The quantitative estimate of drug-likeness (QED) is 0.894. The fourth-order valence-corrected chi connectivity index (χ4v) is 3.92. The highest BCUT2D eigenvalue weighted by Gasteiger charge is 2.27. The third kappa shape index (κ3) is 2.72. The maximum atomic E-state index is 4.81. The van der Waals surface area contributed by atoms with Gasteiger partial charge in [0.1, 0.15) is 5.84 Å². The lowest BCUT2D eigenvalue weighted by Crippen LogP contribution is -2.49. The summed E-state index contributed by atoms with van der Waals surface area (Å²) in [6.07, 6.45) is 10.4. The lowest BCUT2D eigenvalue weighted by Gasteiger charge is -2.36. The first-order valence-electron chi connectivity index (χ1n) is 8.94. The van der Waals surface area contributed by atoms with Crippen LogP contribution in [0, 0.1) is 0 Å². The molecule has 2 unspecified atom stereocenters. The number of allylic oxidation sites excluding steroid dienone is 2. The van der Waals surface area contributed by atoms with Gasteiger partial charge in [-0.1, -0.05) is 36.4 Å². The van der Waals surface area contributed by atoms with E-state index in [4.69, 9.17) is 4.99 Å². The third-order valence-corrected chi connectivity index (χ3v) is 5.29. The van der Waals surface area contributed by atoms with E-state index in [9.17, 15) is 0 Å². The van der Waals surface area contributed by atoms with Crippen LogP contribution in [0.1, 0.15) is 0 Å². The second-order valence-corrected chi connectivity index (χ2v) is 6.88. The first-order valence-corrected chi connectivity index (χ1v) is 8.94. The fraction of sp³-hybridized carbons (Fsp3) is 0.368. The predicted octanol–water partition coefficient (Wildman–Crippen LogP) is 1.55. The zero-order chi connectivity index (χ0) is 16.6. The lowest BCUT2D eigenvalue weighted by atomic mass is 10.1. The number of aromatic nitrogens is 2. The SMILES string of the molecule is C1=CC2N=C(CN3CCN(c4cccc5cn[nH]c45)CC3)NC2C=C1. The van der Waals surface area contributed by atoms with Crippen LogP contribution in [0.2, 0.25) is 0 Å². The Morgan fingerprint density at radius 1 is 1.08 bits per heavy atom. The molecule has 25 heavy (non-hydrogen) atoms. The van der Waals surface area contributed by atoms with Gasteiger partial charge in [-0.05, 0) is 6.07 Å². The lowest BCUT2D eigenvalue weighted by molar-refractivity contribution is 0.290. The summed E-state index contributed by atoms with van der Waals surface area (Å²) in [6, 6.07) is 7.02. The van der Waals surface area contributed by atoms with Gasteiger partial charge < -0.3 is 10.2 Å². The van der Waals surface area contributed by atoms with Gasteiger partial charge in [-0.2, -0.15) is 5.10 Å². The molecule has 2 atom stereocenters. The second-order valence-electron chi connectivity index (χ2n) is 6.88. The Hall–Kier alpha value is -2.60. The molecule has 1 fully saturated rings. The summed E-state index contributed by atoms with van der Waals surface area (Å²) in [5.41, 5.74) is 2.40. The second kappa shape index (κ2) is 6.04. The number of nitrogens with one attached hydrogen (secondary N) is 2. The standard InChI is InChI=1S/C19H22N6/c1-2-6-16-15(5-1)21-18(22-16)13-24-8-10-25(11-9-24)17-7-3-4-14-12-20-23-19(14)17/h1-7,12,15-16H,8-11,13H2,(H,20,23)(H,21,22). The molecule has 0 amide bonds. The molecule has 2 N–H and O–H groups in total. The molecule has 1 aromatic carbocycles. The van der Waals surface area contributed by atoms with Crippen molar-refractivity contribution in [1.29, 1.82) is 0 Å². The fourth-order valence-electron chi connectivity index (χ4n) is 3.92. The van der Waals surface area contributed by atoms with Gasteiger partial charge in [-0.25, -0.2) is 0 Å². The molecule has 1 saturated heterocycles. The molecule has 5 rings (SSSR count). The van der Waals surface area contributed by atoms with Crippen molar-refractivity contribution in [3.8, 4) is 0 Å². The molecule has 0 radical (unpaired) electrons. The van der Waals surface area contributed by atoms with Gasteiger partial charge in [0, 0.05) is 31.6 Å². The number of rotatable bonds is 3. The molecule has 0 saturated carbocycles. The van der Waals surface area contributed by atoms with Crippen molar-refractivity contribution in [1.82, 2.24) is 20.4 Å². The number of aliphatic imine (C=N–C) groups is 1. The van der Waals surface area contributed by atoms with E-state index >= 15 is 0 Å². The monoisotopic (exact) mass is 334 g/mol. The van der Waals surface area contributed by atoms with Crippen molar-refractivity contribution >= 4 is 22.4 Å². The molecular weight excluding hydrogens is 312 g/mol. The van der Waals surface area contributed by atoms with Crippen molar-refractivity contribution in [2.75, 3.05) is 37.6 Å². The van der Waals surface area contributed by atoms with Gasteiger partial charge in [-0.15, -0.1) is 0 Å². The Labute approximate surface area is 146 Å². The first-order chi connectivity index (χ1) is 12.4. The van der Waals surface area contributed by atoms with Gasteiger partial charge in [0.25, 0.3) is 0 Å². The molecule has 6 nitrogen and oxygen atoms in total. The summed E-state index contributed by atoms with van der Waals surface area (Å²) >= 11 is 0. The van der Waals surface area contributed by atoms with Crippen LogP contribution in [0.4, 0.5) is 5.69 Å². The largest absolute Gasteiger partial charge is 0.367 e. The topological polar surface area (TPSA) is 59.5 Å². The van der Waals surface area contributed by atoms with E-state index in [1.165, 1.54) is 11.1 Å². The number of para-hydroxylation sites is 1. The van der Waals surface area contributed by atoms with Crippen LogP contribution in [0.25, 0.3) is 10.9 Å². The average molecular weight is 334 g/mol. The number of benzene rings is 1. The Kier molecular flexibility index (Phi) is 3.56. The number of hydrogen-bond donors (Lipinski definition) is 2. The van der Waals surface area contributed by atoms with E-state index < -0.39 is 0 Å². The zero-order valence-electron chi connectivity index (χ0n) is 14.1. The number of piperazine rings is 1. The Morgan fingerprint density at radius 3 is 2.84 bits per heavy atom. The summed E-state index contributed by atoms with van der Waals surface area (Å²) in [7, 11) is 0. The molecule has 2 aromatic rings. The van der Waals surface area contributed by atoms with Crippen LogP contribution in [-0.2, 0) is 0 Å². The van der Waals surface area contributed by atoms with Crippen LogP contribution < -0.4 is 10.2 Å². The number of anilines is 1. The van der Waals surface area contributed by atoms with Gasteiger partial charge in [0.05, 0.1) is 36.0 Å². The molecule has 0 bridgehead atoms. The maximum absolute atomic E-state index is 4.81. The third-order valence-electron chi connectivity index (χ3n) is 5.29. The van der Waals surface area contributed by atoms with Crippen LogP contribution in [0.5, 0.6) is 0 Å². The van der Waals surface area contributed by atoms with E-state index in [1.54, 1.807) is 0 Å². The molecule has 3 aliphatic rings. The van der Waals surface area contributed by atoms with Crippen LogP contribution in [0.15, 0.2) is 53.7 Å². The maximum Gasteiger partial charge on any atom is 0.112 e. The molecule has 1 aliphatic carbocycles. The van der Waals surface area contributed by atoms with E-state index in [-0.39, 0.29) is 6.04 Å². The van der Waals surface area contributed by atoms with Gasteiger partial charge in [0.15, 0.2) is 0 Å². The highest BCUT2D eigenvalue weighted by atomic mass is 15.3. The van der Waals surface area contributed by atoms with Crippen LogP contribution in [-0.4, -0.2) is 65.7 Å². The molecular formula is C19H22N6. The highest BCUT2D eigenvalue weighted by Crippen LogP contribution is 2.25. The average Bonchev–Trinajstić information content (AvgIpc) is 3.28. The van der Waals surface area contributed by atoms with Crippen molar-refractivity contribution < 1.29 is 0 Å². The molecule has 1 aromatic heterocycles. The summed E-state index contributed by atoms with van der Waals surface area (Å²) in [6.45, 7) is 5.06. The predicted molar refractivity (Wildman–Crippen MR) is 101 cm³/mol. The smallest absolute Gasteiger partial charge is 0.112 e. The molecule has 0 spiro atoms. The molecule has 3 heterocycles. The summed E-state index contributed by atoms with van der Waals surface area (Å²) < 4.78 is 0. The number of fused-ring (bicyclic) bond motifs is 2. The van der Waals surface area contributed by atoms with E-state index in [0.29, 0.717) is 6.04 Å². The van der Waals surface area contributed by atoms with Crippen LogP contribution >= 0.6 is 0 Å². The Morgan fingerprint density at radius 2 is 1.96 bits per heavy atom. The Bertz CT molecular complexity index is 856. The number of nitrogens with zero attached hydrogens (tertiary/aromatic N) is 4. The van der Waals surface area contributed by atoms with Crippen molar-refractivity contribution in [2.24, 2.45) is 4.99 Å². The number of hydrogen-bond acceptors (Lipinski definition) is 5. The molecule has 2 aliphatic heterocycles.